The smallest absolute Gasteiger partial charge is 0.121 e. The normalized spacial score (nSPS) is 9.40. The molecule has 6 aromatic rings. The molecule has 221 valence electrons. The molecule has 0 fully saturated rings. The van der Waals surface area contributed by atoms with Gasteiger partial charge in [-0.2, -0.15) is 24.6 Å². The summed E-state index contributed by atoms with van der Waals surface area (Å²) in [5.74, 6) is 0. The summed E-state index contributed by atoms with van der Waals surface area (Å²) in [7, 11) is 4.27. The maximum Gasteiger partial charge on any atom is 0.121 e. The van der Waals surface area contributed by atoms with E-state index in [2.05, 4.69) is 100 Å². The van der Waals surface area contributed by atoms with Crippen LogP contribution in [0.2, 0.25) is 0 Å². The number of hydrogen-bond donors (Lipinski definition) is 0. The minimum absolute atomic E-state index is 0. The number of hydrogen-bond acceptors (Lipinski definition) is 2. The van der Waals surface area contributed by atoms with E-state index in [1.54, 1.807) is 24.8 Å². The van der Waals surface area contributed by atoms with Crippen molar-refractivity contribution in [1.29, 1.82) is 0 Å². The van der Waals surface area contributed by atoms with Crippen LogP contribution in [0.25, 0.3) is 22.5 Å². The zero-order chi connectivity index (χ0) is 30.2. The van der Waals surface area contributed by atoms with Crippen molar-refractivity contribution in [3.05, 3.63) is 188 Å². The molecule has 43 heavy (non-hydrogen) atoms. The molecule has 3 aromatic carbocycles. The molecule has 0 aliphatic heterocycles. The van der Waals surface area contributed by atoms with E-state index in [1.165, 1.54) is 22.3 Å². The third kappa shape index (κ3) is 11.7. The van der Waals surface area contributed by atoms with Crippen LogP contribution in [0.5, 0.6) is 0 Å². The predicted molar refractivity (Wildman–Crippen MR) is 174 cm³/mol. The Hall–Kier alpha value is -4.50. The first-order valence-corrected chi connectivity index (χ1v) is 13.8. The quantitative estimate of drug-likeness (QED) is 0.131. The molecular formula is C39H38IrN3-3. The van der Waals surface area contributed by atoms with E-state index in [9.17, 15) is 0 Å². The van der Waals surface area contributed by atoms with E-state index in [4.69, 9.17) is 0 Å². The van der Waals surface area contributed by atoms with Crippen molar-refractivity contribution < 1.29 is 24.7 Å². The second-order valence-electron chi connectivity index (χ2n) is 9.73. The molecule has 1 radical (unpaired) electrons. The van der Waals surface area contributed by atoms with Crippen LogP contribution < -0.4 is 4.57 Å². The number of rotatable bonds is 2. The third-order valence-electron chi connectivity index (χ3n) is 6.06. The predicted octanol–water partition coefficient (Wildman–Crippen LogP) is 8.81. The Labute approximate surface area is 271 Å². The number of aromatic nitrogens is 3. The van der Waals surface area contributed by atoms with Crippen LogP contribution in [-0.2, 0) is 20.1 Å². The number of pyridine rings is 3. The Morgan fingerprint density at radius 2 is 0.977 bits per heavy atom. The van der Waals surface area contributed by atoms with Crippen LogP contribution in [0.4, 0.5) is 0 Å². The number of aryl methyl sites for hydroxylation is 4. The maximum atomic E-state index is 4.27. The molecule has 0 unspecified atom stereocenters. The fourth-order valence-electron chi connectivity index (χ4n) is 4.49. The molecule has 0 saturated carbocycles. The van der Waals surface area contributed by atoms with Gasteiger partial charge in [-0.25, -0.2) is 0 Å². The second-order valence-corrected chi connectivity index (χ2v) is 9.73. The van der Waals surface area contributed by atoms with Gasteiger partial charge in [-0.15, -0.1) is 71.8 Å². The first-order valence-electron chi connectivity index (χ1n) is 13.8. The second kappa shape index (κ2) is 18.8. The SMILES string of the molecule is [CH2-][n+]1c(-c2[c-]cccc2)c(C)cc(C)c1-c1[c-]cccc1.[CH2-]c1cc(C)cc(C)c1.[Ir].c1ccncc1.c1ccncc1. The standard InChI is InChI=1S/C20H17N.C9H11.2C5H5N.Ir/c1-15-14-16(2)20(18-12-8-5-9-13-18)21(3)19(15)17-10-6-4-7-11-17;1-7-4-8(2)6-9(3)5-7;2*1-2-4-6-5-3-1;/h4-10,12,14H,3H2,1-2H3;4-6H,1H2,2-3H3;2*1-5H;/q-2;-1;;;. The monoisotopic (exact) mass is 741 g/mol. The summed E-state index contributed by atoms with van der Waals surface area (Å²) in [6, 6.07) is 42.5. The summed E-state index contributed by atoms with van der Waals surface area (Å²) < 4.78 is 2.00. The van der Waals surface area contributed by atoms with Gasteiger partial charge in [-0.3, -0.25) is 9.97 Å². The average molecular weight is 741 g/mol. The molecule has 0 bridgehead atoms. The molecule has 0 spiro atoms. The van der Waals surface area contributed by atoms with Crippen LogP contribution in [0.15, 0.2) is 134 Å². The van der Waals surface area contributed by atoms with Crippen molar-refractivity contribution in [2.24, 2.45) is 0 Å². The van der Waals surface area contributed by atoms with Crippen molar-refractivity contribution in [2.45, 2.75) is 27.7 Å². The molecule has 0 saturated heterocycles. The molecule has 0 aliphatic rings. The van der Waals surface area contributed by atoms with Crippen LogP contribution in [-0.4, -0.2) is 9.97 Å². The summed E-state index contributed by atoms with van der Waals surface area (Å²) in [6.07, 6.45) is 7.00. The van der Waals surface area contributed by atoms with Gasteiger partial charge in [0.05, 0.1) is 0 Å². The van der Waals surface area contributed by atoms with Crippen molar-refractivity contribution in [3.8, 4) is 22.5 Å². The summed E-state index contributed by atoms with van der Waals surface area (Å²) in [5, 5.41) is 0. The van der Waals surface area contributed by atoms with Crippen LogP contribution in [0.3, 0.4) is 0 Å². The van der Waals surface area contributed by atoms with Gasteiger partial charge in [0.2, 0.25) is 0 Å². The molecule has 4 heteroatoms. The van der Waals surface area contributed by atoms with Gasteiger partial charge >= 0.3 is 0 Å². The van der Waals surface area contributed by atoms with Gasteiger partial charge < -0.3 is 4.57 Å². The summed E-state index contributed by atoms with van der Waals surface area (Å²) in [6.45, 7) is 12.2. The fraction of sp³-hybridized carbons (Fsp3) is 0.103. The van der Waals surface area contributed by atoms with Crippen molar-refractivity contribution in [1.82, 2.24) is 9.97 Å². The molecule has 0 N–H and O–H groups in total. The van der Waals surface area contributed by atoms with Crippen molar-refractivity contribution in [3.63, 3.8) is 0 Å². The van der Waals surface area contributed by atoms with E-state index in [-0.39, 0.29) is 20.1 Å². The first kappa shape index (κ1) is 34.7. The Kier molecular flexibility index (Phi) is 15.2. The van der Waals surface area contributed by atoms with E-state index < -0.39 is 0 Å². The van der Waals surface area contributed by atoms with Gasteiger partial charge in [0.25, 0.3) is 0 Å². The molecular weight excluding hydrogens is 703 g/mol. The Morgan fingerprint density at radius 1 is 0.558 bits per heavy atom. The molecule has 0 atom stereocenters. The van der Waals surface area contributed by atoms with Crippen LogP contribution in [0, 0.1) is 53.8 Å². The van der Waals surface area contributed by atoms with Gasteiger partial charge in [0.15, 0.2) is 0 Å². The minimum Gasteiger partial charge on any atom is -0.302 e. The van der Waals surface area contributed by atoms with Gasteiger partial charge in [-0.05, 0) is 49.2 Å². The molecule has 0 aliphatic carbocycles. The van der Waals surface area contributed by atoms with Gasteiger partial charge in [0, 0.05) is 51.9 Å². The fourth-order valence-corrected chi connectivity index (χ4v) is 4.49. The van der Waals surface area contributed by atoms with Crippen molar-refractivity contribution >= 4 is 0 Å². The average Bonchev–Trinajstić information content (AvgIpc) is 3.00. The van der Waals surface area contributed by atoms with Crippen LogP contribution >= 0.6 is 0 Å². The number of benzene rings is 3. The maximum absolute atomic E-state index is 4.27. The van der Waals surface area contributed by atoms with Crippen LogP contribution in [0.1, 0.15) is 27.8 Å². The van der Waals surface area contributed by atoms with E-state index >= 15 is 0 Å². The summed E-state index contributed by atoms with van der Waals surface area (Å²) in [4.78, 5) is 7.57. The zero-order valence-corrected chi connectivity index (χ0v) is 27.7. The molecule has 0 amide bonds. The summed E-state index contributed by atoms with van der Waals surface area (Å²) in [5.41, 5.74) is 10.4. The molecule has 3 nitrogen and oxygen atoms in total. The third-order valence-corrected chi connectivity index (χ3v) is 6.06. The summed E-state index contributed by atoms with van der Waals surface area (Å²) >= 11 is 0. The number of nitrogens with zero attached hydrogens (tertiary/aromatic N) is 3. The largest absolute Gasteiger partial charge is 0.302 e. The van der Waals surface area contributed by atoms with Crippen molar-refractivity contribution in [2.75, 3.05) is 0 Å². The zero-order valence-electron chi connectivity index (χ0n) is 25.3. The first-order chi connectivity index (χ1) is 20.4. The molecule has 3 heterocycles. The van der Waals surface area contributed by atoms with Gasteiger partial charge in [-0.1, -0.05) is 49.2 Å². The Morgan fingerprint density at radius 3 is 1.26 bits per heavy atom. The topological polar surface area (TPSA) is 29.7 Å². The van der Waals surface area contributed by atoms with E-state index in [0.29, 0.717) is 0 Å². The Balaban J connectivity index is 0.000000240. The minimum atomic E-state index is 0. The van der Waals surface area contributed by atoms with E-state index in [0.717, 1.165) is 28.1 Å². The van der Waals surface area contributed by atoms with Gasteiger partial charge in [0.1, 0.15) is 11.4 Å². The molecule has 3 aromatic heterocycles. The molecule has 6 rings (SSSR count). The van der Waals surface area contributed by atoms with E-state index in [1.807, 2.05) is 77.4 Å². The Bertz CT molecular complexity index is 1410.